The van der Waals surface area contributed by atoms with Crippen LogP contribution in [-0.2, 0) is 0 Å². The van der Waals surface area contributed by atoms with E-state index >= 15 is 0 Å². The first kappa shape index (κ1) is 12.9. The zero-order chi connectivity index (χ0) is 12.8. The van der Waals surface area contributed by atoms with Crippen molar-refractivity contribution < 1.29 is 0 Å². The summed E-state index contributed by atoms with van der Waals surface area (Å²) in [4.78, 5) is 4.05. The maximum absolute atomic E-state index is 5.99. The summed E-state index contributed by atoms with van der Waals surface area (Å²) in [6, 6.07) is 3.78. The summed E-state index contributed by atoms with van der Waals surface area (Å²) in [5.41, 5.74) is 0.882. The van der Waals surface area contributed by atoms with Crippen molar-refractivity contribution in [3.63, 3.8) is 0 Å². The van der Waals surface area contributed by atoms with Crippen molar-refractivity contribution in [3.8, 4) is 11.4 Å². The fourth-order valence-electron chi connectivity index (χ4n) is 1.58. The third-order valence-electron chi connectivity index (χ3n) is 2.56. The summed E-state index contributed by atoms with van der Waals surface area (Å²) in [5.74, 6) is 7.67. The first-order valence-electron chi connectivity index (χ1n) is 6.06. The van der Waals surface area contributed by atoms with Crippen molar-refractivity contribution in [2.75, 3.05) is 11.6 Å². The second-order valence-electron chi connectivity index (χ2n) is 3.97. The molecule has 0 aliphatic carbocycles. The molecule has 0 saturated heterocycles. The van der Waals surface area contributed by atoms with Gasteiger partial charge in [-0.05, 0) is 18.6 Å². The van der Waals surface area contributed by atoms with Crippen LogP contribution in [-0.4, -0.2) is 25.6 Å². The smallest absolute Gasteiger partial charge is 0.210 e. The van der Waals surface area contributed by atoms with Gasteiger partial charge in [-0.15, -0.1) is 10.2 Å². The van der Waals surface area contributed by atoms with Crippen molar-refractivity contribution in [1.29, 1.82) is 0 Å². The minimum absolute atomic E-state index is 0.654. The summed E-state index contributed by atoms with van der Waals surface area (Å²) >= 11 is 1.65. The van der Waals surface area contributed by atoms with Crippen LogP contribution in [0.1, 0.15) is 26.2 Å². The van der Waals surface area contributed by atoms with Crippen LogP contribution in [0.15, 0.2) is 29.7 Å². The van der Waals surface area contributed by atoms with Gasteiger partial charge < -0.3 is 5.84 Å². The predicted molar refractivity (Wildman–Crippen MR) is 73.7 cm³/mol. The van der Waals surface area contributed by atoms with Crippen LogP contribution in [0.2, 0.25) is 0 Å². The SMILES string of the molecule is CCCCCSc1nnc(-c2cccnc2)n1N. The van der Waals surface area contributed by atoms with E-state index in [0.29, 0.717) is 5.82 Å². The van der Waals surface area contributed by atoms with E-state index in [1.54, 1.807) is 24.2 Å². The monoisotopic (exact) mass is 263 g/mol. The number of hydrogen-bond donors (Lipinski definition) is 1. The minimum Gasteiger partial charge on any atom is -0.335 e. The van der Waals surface area contributed by atoms with Crippen molar-refractivity contribution in [1.82, 2.24) is 19.9 Å². The van der Waals surface area contributed by atoms with E-state index in [9.17, 15) is 0 Å². The molecule has 2 rings (SSSR count). The van der Waals surface area contributed by atoms with E-state index < -0.39 is 0 Å². The topological polar surface area (TPSA) is 69.6 Å². The lowest BCUT2D eigenvalue weighted by Gasteiger charge is -2.02. The van der Waals surface area contributed by atoms with Crippen LogP contribution >= 0.6 is 11.8 Å². The molecule has 0 aromatic carbocycles. The fraction of sp³-hybridized carbons (Fsp3) is 0.417. The number of pyridine rings is 1. The van der Waals surface area contributed by atoms with E-state index in [2.05, 4.69) is 22.1 Å². The van der Waals surface area contributed by atoms with E-state index in [1.807, 2.05) is 12.1 Å². The Morgan fingerprint density at radius 3 is 2.94 bits per heavy atom. The van der Waals surface area contributed by atoms with Gasteiger partial charge >= 0.3 is 0 Å². The third kappa shape index (κ3) is 3.01. The van der Waals surface area contributed by atoms with Crippen molar-refractivity contribution >= 4 is 11.8 Å². The summed E-state index contributed by atoms with van der Waals surface area (Å²) in [7, 11) is 0. The highest BCUT2D eigenvalue weighted by atomic mass is 32.2. The Hall–Kier alpha value is -1.56. The third-order valence-corrected chi connectivity index (χ3v) is 3.59. The fourth-order valence-corrected chi connectivity index (χ4v) is 2.44. The number of hydrogen-bond acceptors (Lipinski definition) is 5. The van der Waals surface area contributed by atoms with Crippen LogP contribution in [0.4, 0.5) is 0 Å². The molecular weight excluding hydrogens is 246 g/mol. The minimum atomic E-state index is 0.654. The first-order valence-corrected chi connectivity index (χ1v) is 7.05. The molecule has 0 radical (unpaired) electrons. The summed E-state index contributed by atoms with van der Waals surface area (Å²) in [5, 5.41) is 8.98. The average molecular weight is 263 g/mol. The Morgan fingerprint density at radius 1 is 1.33 bits per heavy atom. The maximum atomic E-state index is 5.99. The highest BCUT2D eigenvalue weighted by Crippen LogP contribution is 2.21. The molecule has 2 aromatic rings. The normalized spacial score (nSPS) is 10.7. The average Bonchev–Trinajstić information content (AvgIpc) is 2.77. The molecule has 6 heteroatoms. The molecule has 0 unspecified atom stereocenters. The molecule has 0 saturated carbocycles. The number of unbranched alkanes of at least 4 members (excludes halogenated alkanes) is 2. The molecule has 0 aliphatic rings. The molecule has 2 N–H and O–H groups in total. The number of rotatable bonds is 6. The van der Waals surface area contributed by atoms with Crippen LogP contribution in [0, 0.1) is 0 Å². The van der Waals surface area contributed by atoms with E-state index in [0.717, 1.165) is 16.5 Å². The Bertz CT molecular complexity index is 482. The van der Waals surface area contributed by atoms with Crippen molar-refractivity contribution in [3.05, 3.63) is 24.5 Å². The summed E-state index contributed by atoms with van der Waals surface area (Å²) in [6.07, 6.45) is 7.09. The van der Waals surface area contributed by atoms with E-state index in [-0.39, 0.29) is 0 Å². The molecule has 96 valence electrons. The van der Waals surface area contributed by atoms with Gasteiger partial charge in [0, 0.05) is 23.7 Å². The van der Waals surface area contributed by atoms with Gasteiger partial charge in [0.25, 0.3) is 0 Å². The molecule has 2 heterocycles. The molecule has 0 bridgehead atoms. The number of nitrogen functional groups attached to an aromatic ring is 1. The lowest BCUT2D eigenvalue weighted by molar-refractivity contribution is 0.774. The Morgan fingerprint density at radius 2 is 2.22 bits per heavy atom. The van der Waals surface area contributed by atoms with Gasteiger partial charge in [0.05, 0.1) is 0 Å². The lowest BCUT2D eigenvalue weighted by Crippen LogP contribution is -2.11. The Labute approximate surface area is 111 Å². The molecule has 18 heavy (non-hydrogen) atoms. The summed E-state index contributed by atoms with van der Waals surface area (Å²) < 4.78 is 1.54. The van der Waals surface area contributed by atoms with Crippen LogP contribution in [0.25, 0.3) is 11.4 Å². The first-order chi connectivity index (χ1) is 8.83. The van der Waals surface area contributed by atoms with Crippen LogP contribution in [0.5, 0.6) is 0 Å². The number of aromatic nitrogens is 4. The molecule has 0 aliphatic heterocycles. The van der Waals surface area contributed by atoms with Gasteiger partial charge in [-0.2, -0.15) is 0 Å². The van der Waals surface area contributed by atoms with Gasteiger partial charge in [-0.1, -0.05) is 31.5 Å². The maximum Gasteiger partial charge on any atom is 0.210 e. The van der Waals surface area contributed by atoms with Gasteiger partial charge in [-0.25, -0.2) is 4.68 Å². The van der Waals surface area contributed by atoms with E-state index in [4.69, 9.17) is 5.84 Å². The summed E-state index contributed by atoms with van der Waals surface area (Å²) in [6.45, 7) is 2.19. The Balaban J connectivity index is 2.05. The van der Waals surface area contributed by atoms with Crippen LogP contribution < -0.4 is 5.84 Å². The zero-order valence-electron chi connectivity index (χ0n) is 10.4. The number of nitrogens with two attached hydrogens (primary N) is 1. The largest absolute Gasteiger partial charge is 0.335 e. The second-order valence-corrected chi connectivity index (χ2v) is 5.04. The molecule has 0 spiro atoms. The quantitative estimate of drug-likeness (QED) is 0.492. The highest BCUT2D eigenvalue weighted by molar-refractivity contribution is 7.99. The lowest BCUT2D eigenvalue weighted by atomic mass is 10.3. The zero-order valence-corrected chi connectivity index (χ0v) is 11.2. The Kier molecular flexibility index (Phi) is 4.58. The highest BCUT2D eigenvalue weighted by Gasteiger charge is 2.11. The van der Waals surface area contributed by atoms with Gasteiger partial charge in [0.1, 0.15) is 0 Å². The van der Waals surface area contributed by atoms with Gasteiger partial charge in [-0.3, -0.25) is 4.98 Å². The molecule has 2 aromatic heterocycles. The van der Waals surface area contributed by atoms with Crippen LogP contribution in [0.3, 0.4) is 0 Å². The van der Waals surface area contributed by atoms with E-state index in [1.165, 1.54) is 23.9 Å². The molecule has 0 amide bonds. The molecule has 0 fully saturated rings. The molecule has 5 nitrogen and oxygen atoms in total. The molecule has 0 atom stereocenters. The van der Waals surface area contributed by atoms with Gasteiger partial charge in [0.2, 0.25) is 5.16 Å². The number of thioether (sulfide) groups is 1. The number of nitrogens with zero attached hydrogens (tertiary/aromatic N) is 4. The van der Waals surface area contributed by atoms with Gasteiger partial charge in [0.15, 0.2) is 5.82 Å². The van der Waals surface area contributed by atoms with Crippen molar-refractivity contribution in [2.45, 2.75) is 31.3 Å². The molecular formula is C12H17N5S. The predicted octanol–water partition coefficient (Wildman–Crippen LogP) is 2.34. The standard InChI is InChI=1S/C12H17N5S/c1-2-3-4-8-18-12-16-15-11(17(12)13)10-6-5-7-14-9-10/h5-7,9H,2-4,8,13H2,1H3. The van der Waals surface area contributed by atoms with Crippen molar-refractivity contribution in [2.24, 2.45) is 0 Å². The second kappa shape index (κ2) is 6.39.